The molecular weight excluding hydrogens is 244 g/mol. The number of nitrogens with one attached hydrogen (secondary N) is 1. The van der Waals surface area contributed by atoms with Crippen molar-refractivity contribution in [2.75, 3.05) is 6.54 Å². The summed E-state index contributed by atoms with van der Waals surface area (Å²) in [4.78, 5) is 12.2. The van der Waals surface area contributed by atoms with Crippen molar-refractivity contribution in [3.63, 3.8) is 0 Å². The zero-order valence-electron chi connectivity index (χ0n) is 11.4. The molecule has 2 rings (SSSR count). The maximum atomic E-state index is 12.2. The molecule has 5 heteroatoms. The number of nitrogens with zero attached hydrogens (tertiary/aromatic N) is 1. The summed E-state index contributed by atoms with van der Waals surface area (Å²) in [5.41, 5.74) is 0.892. The molecule has 0 unspecified atom stereocenters. The Balaban J connectivity index is 2.15. The smallest absolute Gasteiger partial charge is 0.257 e. The van der Waals surface area contributed by atoms with Gasteiger partial charge >= 0.3 is 0 Å². The Kier molecular flexibility index (Phi) is 4.04. The zero-order chi connectivity index (χ0) is 13.8. The van der Waals surface area contributed by atoms with Crippen molar-refractivity contribution in [1.82, 2.24) is 10.5 Å². The lowest BCUT2D eigenvalue weighted by Crippen LogP contribution is -2.26. The minimum Gasteiger partial charge on any atom is -0.463 e. The van der Waals surface area contributed by atoms with Crippen LogP contribution in [0.25, 0.3) is 11.5 Å². The lowest BCUT2D eigenvalue weighted by molar-refractivity contribution is 0.0951. The van der Waals surface area contributed by atoms with Gasteiger partial charge in [0, 0.05) is 6.54 Å². The van der Waals surface area contributed by atoms with Gasteiger partial charge in [-0.05, 0) is 31.4 Å². The summed E-state index contributed by atoms with van der Waals surface area (Å²) in [5.74, 6) is 1.40. The van der Waals surface area contributed by atoms with Crippen LogP contribution < -0.4 is 5.32 Å². The Hall–Kier alpha value is -2.04. The lowest BCUT2D eigenvalue weighted by atomic mass is 10.1. The number of carbonyl (C=O) groups excluding carboxylic acids is 1. The number of amides is 1. The highest BCUT2D eigenvalue weighted by molar-refractivity contribution is 6.00. The van der Waals surface area contributed by atoms with Crippen LogP contribution in [0.15, 0.2) is 27.3 Å². The third kappa shape index (κ3) is 3.05. The first-order chi connectivity index (χ1) is 9.09. The Morgan fingerprint density at radius 2 is 2.26 bits per heavy atom. The molecule has 5 nitrogen and oxygen atoms in total. The molecule has 0 aromatic carbocycles. The Morgan fingerprint density at radius 3 is 2.89 bits per heavy atom. The number of hydrogen-bond donors (Lipinski definition) is 1. The van der Waals surface area contributed by atoms with Gasteiger partial charge in [-0.1, -0.05) is 19.0 Å². The predicted octanol–water partition coefficient (Wildman–Crippen LogP) is 3.02. The Labute approximate surface area is 112 Å². The molecule has 102 valence electrons. The molecule has 1 N–H and O–H groups in total. The third-order valence-electron chi connectivity index (χ3n) is 2.85. The molecule has 19 heavy (non-hydrogen) atoms. The van der Waals surface area contributed by atoms with E-state index < -0.39 is 0 Å². The molecule has 2 aromatic rings. The van der Waals surface area contributed by atoms with E-state index in [0.717, 1.165) is 6.42 Å². The number of rotatable bonds is 5. The van der Waals surface area contributed by atoms with Crippen molar-refractivity contribution in [3.05, 3.63) is 29.7 Å². The zero-order valence-corrected chi connectivity index (χ0v) is 11.4. The second kappa shape index (κ2) is 5.73. The first-order valence-electron chi connectivity index (χ1n) is 6.38. The van der Waals surface area contributed by atoms with E-state index in [9.17, 15) is 4.79 Å². The summed E-state index contributed by atoms with van der Waals surface area (Å²) in [6.07, 6.45) is 2.48. The van der Waals surface area contributed by atoms with Crippen molar-refractivity contribution in [1.29, 1.82) is 0 Å². The van der Waals surface area contributed by atoms with Crippen LogP contribution in [0.4, 0.5) is 0 Å². The summed E-state index contributed by atoms with van der Waals surface area (Å²) >= 11 is 0. The highest BCUT2D eigenvalue weighted by Gasteiger charge is 2.22. The number of carbonyl (C=O) groups is 1. The molecule has 0 atom stereocenters. The van der Waals surface area contributed by atoms with Crippen molar-refractivity contribution in [2.45, 2.75) is 27.2 Å². The predicted molar refractivity (Wildman–Crippen MR) is 70.7 cm³/mol. The second-order valence-electron chi connectivity index (χ2n) is 4.88. The molecule has 2 aromatic heterocycles. The fourth-order valence-electron chi connectivity index (χ4n) is 1.78. The monoisotopic (exact) mass is 262 g/mol. The molecule has 0 saturated heterocycles. The first kappa shape index (κ1) is 13.4. The van der Waals surface area contributed by atoms with E-state index in [2.05, 4.69) is 24.3 Å². The van der Waals surface area contributed by atoms with Crippen LogP contribution in [0.2, 0.25) is 0 Å². The average Bonchev–Trinajstić information content (AvgIpc) is 2.96. The van der Waals surface area contributed by atoms with E-state index in [1.54, 1.807) is 25.3 Å². The van der Waals surface area contributed by atoms with Gasteiger partial charge < -0.3 is 14.3 Å². The summed E-state index contributed by atoms with van der Waals surface area (Å²) in [7, 11) is 0. The summed E-state index contributed by atoms with van der Waals surface area (Å²) < 4.78 is 10.4. The van der Waals surface area contributed by atoms with Crippen LogP contribution in [0, 0.1) is 12.8 Å². The van der Waals surface area contributed by atoms with Gasteiger partial charge in [-0.2, -0.15) is 0 Å². The highest BCUT2D eigenvalue weighted by atomic mass is 16.5. The largest absolute Gasteiger partial charge is 0.463 e. The van der Waals surface area contributed by atoms with E-state index in [1.165, 1.54) is 0 Å². The first-order valence-corrected chi connectivity index (χ1v) is 6.38. The van der Waals surface area contributed by atoms with E-state index >= 15 is 0 Å². The number of furan rings is 1. The van der Waals surface area contributed by atoms with Gasteiger partial charge in [-0.15, -0.1) is 0 Å². The maximum Gasteiger partial charge on any atom is 0.257 e. The van der Waals surface area contributed by atoms with Crippen molar-refractivity contribution < 1.29 is 13.7 Å². The molecule has 0 saturated carbocycles. The van der Waals surface area contributed by atoms with Crippen molar-refractivity contribution in [2.24, 2.45) is 5.92 Å². The quantitative estimate of drug-likeness (QED) is 0.899. The van der Waals surface area contributed by atoms with Crippen molar-refractivity contribution in [3.8, 4) is 11.5 Å². The number of hydrogen-bond acceptors (Lipinski definition) is 4. The Morgan fingerprint density at radius 1 is 1.47 bits per heavy atom. The van der Waals surface area contributed by atoms with Crippen LogP contribution in [0.5, 0.6) is 0 Å². The number of aryl methyl sites for hydroxylation is 1. The minimum atomic E-state index is -0.175. The van der Waals surface area contributed by atoms with Crippen LogP contribution in [0.1, 0.15) is 36.4 Å². The van der Waals surface area contributed by atoms with Crippen molar-refractivity contribution >= 4 is 5.91 Å². The molecular formula is C14H18N2O3. The molecule has 0 aliphatic rings. The third-order valence-corrected chi connectivity index (χ3v) is 2.85. The van der Waals surface area contributed by atoms with E-state index in [0.29, 0.717) is 35.2 Å². The van der Waals surface area contributed by atoms with Gasteiger partial charge in [0.15, 0.2) is 11.5 Å². The molecule has 0 bridgehead atoms. The van der Waals surface area contributed by atoms with Crippen LogP contribution in [-0.4, -0.2) is 17.6 Å². The summed E-state index contributed by atoms with van der Waals surface area (Å²) in [6, 6.07) is 3.50. The SMILES string of the molecule is Cc1onc(-c2ccco2)c1C(=O)NCCC(C)C. The Bertz CT molecular complexity index is 541. The highest BCUT2D eigenvalue weighted by Crippen LogP contribution is 2.25. The normalized spacial score (nSPS) is 10.9. The van der Waals surface area contributed by atoms with Gasteiger partial charge in [-0.25, -0.2) is 0 Å². The molecule has 0 radical (unpaired) electrons. The summed E-state index contributed by atoms with van der Waals surface area (Å²) in [5, 5.41) is 6.77. The molecule has 0 aliphatic carbocycles. The fourth-order valence-corrected chi connectivity index (χ4v) is 1.78. The number of aromatic nitrogens is 1. The molecule has 0 spiro atoms. The summed E-state index contributed by atoms with van der Waals surface area (Å²) in [6.45, 7) is 6.59. The van der Waals surface area contributed by atoms with Gasteiger partial charge in [0.25, 0.3) is 5.91 Å². The standard InChI is InChI=1S/C14H18N2O3/c1-9(2)6-7-15-14(17)12-10(3)19-16-13(12)11-5-4-8-18-11/h4-5,8-9H,6-7H2,1-3H3,(H,15,17). The van der Waals surface area contributed by atoms with E-state index in [-0.39, 0.29) is 5.91 Å². The maximum absolute atomic E-state index is 12.2. The van der Waals surface area contributed by atoms with Gasteiger partial charge in [-0.3, -0.25) is 4.79 Å². The van der Waals surface area contributed by atoms with E-state index in [4.69, 9.17) is 8.94 Å². The van der Waals surface area contributed by atoms with Gasteiger partial charge in [0.05, 0.1) is 6.26 Å². The van der Waals surface area contributed by atoms with Crippen LogP contribution in [0.3, 0.4) is 0 Å². The van der Waals surface area contributed by atoms with Gasteiger partial charge in [0.1, 0.15) is 11.3 Å². The second-order valence-corrected chi connectivity index (χ2v) is 4.88. The van der Waals surface area contributed by atoms with Gasteiger partial charge in [0.2, 0.25) is 0 Å². The van der Waals surface area contributed by atoms with Crippen LogP contribution in [-0.2, 0) is 0 Å². The minimum absolute atomic E-state index is 0.175. The fraction of sp³-hybridized carbons (Fsp3) is 0.429. The topological polar surface area (TPSA) is 68.3 Å². The van der Waals surface area contributed by atoms with Crippen LogP contribution >= 0.6 is 0 Å². The lowest BCUT2D eigenvalue weighted by Gasteiger charge is -2.06. The molecule has 2 heterocycles. The van der Waals surface area contributed by atoms with E-state index in [1.807, 2.05) is 0 Å². The molecule has 0 fully saturated rings. The molecule has 1 amide bonds. The molecule has 0 aliphatic heterocycles. The average molecular weight is 262 g/mol.